The Hall–Kier alpha value is -2.93. The average Bonchev–Trinajstić information content (AvgIpc) is 3.20. The van der Waals surface area contributed by atoms with Crippen LogP contribution in [0.2, 0.25) is 0 Å². The highest BCUT2D eigenvalue weighted by molar-refractivity contribution is 5.78. The first-order chi connectivity index (χ1) is 14.2. The molecule has 1 saturated heterocycles. The Balaban J connectivity index is 1.59. The quantitative estimate of drug-likeness (QED) is 0.656. The van der Waals surface area contributed by atoms with Crippen LogP contribution in [0.3, 0.4) is 0 Å². The molecule has 7 nitrogen and oxygen atoms in total. The summed E-state index contributed by atoms with van der Waals surface area (Å²) in [5.41, 5.74) is 2.70. The number of nitrogens with one attached hydrogen (secondary N) is 1. The van der Waals surface area contributed by atoms with Gasteiger partial charge in [0.15, 0.2) is 5.82 Å². The second-order valence-corrected chi connectivity index (χ2v) is 7.25. The Kier molecular flexibility index (Phi) is 6.05. The predicted octanol–water partition coefficient (Wildman–Crippen LogP) is 3.92. The maximum atomic E-state index is 5.81. The zero-order valence-electron chi connectivity index (χ0n) is 17.0. The van der Waals surface area contributed by atoms with E-state index in [1.54, 1.807) is 13.3 Å². The van der Waals surface area contributed by atoms with Crippen LogP contribution in [-0.4, -0.2) is 45.9 Å². The molecule has 3 heterocycles. The summed E-state index contributed by atoms with van der Waals surface area (Å²) in [6, 6.07) is 7.90. The number of methoxy groups -OCH3 is 1. The molecule has 0 unspecified atom stereocenters. The highest BCUT2D eigenvalue weighted by atomic mass is 16.5. The zero-order valence-corrected chi connectivity index (χ0v) is 17.0. The van der Waals surface area contributed by atoms with Gasteiger partial charge in [0.2, 0.25) is 5.95 Å². The first-order valence-corrected chi connectivity index (χ1v) is 10.1. The summed E-state index contributed by atoms with van der Waals surface area (Å²) in [4.78, 5) is 13.9. The van der Waals surface area contributed by atoms with Crippen LogP contribution in [0.5, 0.6) is 5.75 Å². The lowest BCUT2D eigenvalue weighted by atomic mass is 10.0. The molecule has 152 valence electrons. The van der Waals surface area contributed by atoms with E-state index in [0.717, 1.165) is 54.4 Å². The van der Waals surface area contributed by atoms with Gasteiger partial charge in [0, 0.05) is 44.4 Å². The summed E-state index contributed by atoms with van der Waals surface area (Å²) < 4.78 is 13.2. The molecule has 1 aliphatic rings. The fourth-order valence-corrected chi connectivity index (χ4v) is 3.61. The van der Waals surface area contributed by atoms with E-state index in [9.17, 15) is 0 Å². The molecule has 1 N–H and O–H groups in total. The molecule has 0 bridgehead atoms. The molecule has 1 aromatic carbocycles. The van der Waals surface area contributed by atoms with E-state index in [2.05, 4.69) is 15.3 Å². The number of ether oxygens (including phenoxy) is 2. The maximum absolute atomic E-state index is 5.81. The molecule has 2 aromatic heterocycles. The van der Waals surface area contributed by atoms with Crippen molar-refractivity contribution in [3.8, 4) is 28.4 Å². The third-order valence-electron chi connectivity index (χ3n) is 5.23. The number of hydrogen-bond donors (Lipinski definition) is 1. The van der Waals surface area contributed by atoms with Crippen molar-refractivity contribution in [2.75, 3.05) is 25.6 Å². The molecular formula is C22H27N5O2. The molecule has 0 amide bonds. The van der Waals surface area contributed by atoms with Crippen LogP contribution >= 0.6 is 0 Å². The minimum Gasteiger partial charge on any atom is -0.497 e. The Morgan fingerprint density at radius 2 is 2.21 bits per heavy atom. The van der Waals surface area contributed by atoms with Crippen molar-refractivity contribution in [3.63, 3.8) is 0 Å². The van der Waals surface area contributed by atoms with E-state index < -0.39 is 0 Å². The number of hydrogen-bond acceptors (Lipinski definition) is 6. The van der Waals surface area contributed by atoms with Gasteiger partial charge in [-0.1, -0.05) is 12.1 Å². The van der Waals surface area contributed by atoms with Crippen molar-refractivity contribution in [1.82, 2.24) is 19.5 Å². The summed E-state index contributed by atoms with van der Waals surface area (Å²) in [7, 11) is 3.63. The lowest BCUT2D eigenvalue weighted by Gasteiger charge is -2.22. The Morgan fingerprint density at radius 1 is 1.28 bits per heavy atom. The molecule has 0 aliphatic carbocycles. The monoisotopic (exact) mass is 393 g/mol. The SMILES string of the molecule is COc1cccc(-c2cnc(NCC[C@@H]3CCCCO3)nc2-c2nccn2C)c1. The van der Waals surface area contributed by atoms with Gasteiger partial charge in [-0.25, -0.2) is 15.0 Å². The molecule has 1 aliphatic heterocycles. The van der Waals surface area contributed by atoms with Gasteiger partial charge < -0.3 is 19.4 Å². The van der Waals surface area contributed by atoms with Crippen molar-refractivity contribution in [3.05, 3.63) is 42.9 Å². The van der Waals surface area contributed by atoms with Crippen LogP contribution in [0, 0.1) is 0 Å². The summed E-state index contributed by atoms with van der Waals surface area (Å²) in [5, 5.41) is 3.35. The summed E-state index contributed by atoms with van der Waals surface area (Å²) >= 11 is 0. The van der Waals surface area contributed by atoms with E-state index in [1.807, 2.05) is 48.3 Å². The van der Waals surface area contributed by atoms with E-state index >= 15 is 0 Å². The van der Waals surface area contributed by atoms with Gasteiger partial charge in [0.1, 0.15) is 11.4 Å². The first-order valence-electron chi connectivity index (χ1n) is 10.1. The normalized spacial score (nSPS) is 16.6. The van der Waals surface area contributed by atoms with Crippen LogP contribution in [0.4, 0.5) is 5.95 Å². The van der Waals surface area contributed by atoms with Crippen molar-refractivity contribution in [2.24, 2.45) is 7.05 Å². The molecule has 3 aromatic rings. The molecule has 0 saturated carbocycles. The molecule has 1 atom stereocenters. The Morgan fingerprint density at radius 3 is 2.97 bits per heavy atom. The van der Waals surface area contributed by atoms with Gasteiger partial charge in [-0.3, -0.25) is 0 Å². The number of anilines is 1. The third kappa shape index (κ3) is 4.56. The number of aromatic nitrogens is 4. The number of imidazole rings is 1. The third-order valence-corrected chi connectivity index (χ3v) is 5.23. The summed E-state index contributed by atoms with van der Waals surface area (Å²) in [5.74, 6) is 2.19. The average molecular weight is 393 g/mol. The van der Waals surface area contributed by atoms with E-state index in [-0.39, 0.29) is 0 Å². The molecule has 0 spiro atoms. The largest absolute Gasteiger partial charge is 0.497 e. The Labute approximate surface area is 171 Å². The van der Waals surface area contributed by atoms with Gasteiger partial charge in [-0.05, 0) is 43.4 Å². The molecule has 0 radical (unpaired) electrons. The number of nitrogens with zero attached hydrogens (tertiary/aromatic N) is 4. The van der Waals surface area contributed by atoms with Crippen molar-refractivity contribution >= 4 is 5.95 Å². The van der Waals surface area contributed by atoms with E-state index in [0.29, 0.717) is 12.1 Å². The standard InChI is InChI=1S/C22H27N5O2/c1-27-12-11-23-21(27)20-19(16-6-5-8-18(14-16)28-2)15-25-22(26-20)24-10-9-17-7-3-4-13-29-17/h5-6,8,11-12,14-15,17H,3-4,7,9-10,13H2,1-2H3,(H,24,25,26)/t17-/m0/s1. The Bertz CT molecular complexity index is 950. The van der Waals surface area contributed by atoms with E-state index in [4.69, 9.17) is 14.5 Å². The van der Waals surface area contributed by atoms with Crippen LogP contribution in [-0.2, 0) is 11.8 Å². The molecule has 4 rings (SSSR count). The minimum absolute atomic E-state index is 0.335. The van der Waals surface area contributed by atoms with Crippen LogP contribution in [0.15, 0.2) is 42.9 Å². The smallest absolute Gasteiger partial charge is 0.223 e. The first kappa shape index (κ1) is 19.4. The molecular weight excluding hydrogens is 366 g/mol. The van der Waals surface area contributed by atoms with Crippen molar-refractivity contribution in [2.45, 2.75) is 31.8 Å². The molecule has 29 heavy (non-hydrogen) atoms. The van der Waals surface area contributed by atoms with Crippen molar-refractivity contribution in [1.29, 1.82) is 0 Å². The van der Waals surface area contributed by atoms with Gasteiger partial charge in [-0.2, -0.15) is 0 Å². The molecule has 7 heteroatoms. The second kappa shape index (κ2) is 9.05. The minimum atomic E-state index is 0.335. The highest BCUT2D eigenvalue weighted by Crippen LogP contribution is 2.31. The van der Waals surface area contributed by atoms with E-state index in [1.165, 1.54) is 12.8 Å². The van der Waals surface area contributed by atoms with Crippen LogP contribution < -0.4 is 10.1 Å². The fraction of sp³-hybridized carbons (Fsp3) is 0.409. The van der Waals surface area contributed by atoms with Crippen LogP contribution in [0.1, 0.15) is 25.7 Å². The number of benzene rings is 1. The topological polar surface area (TPSA) is 74.1 Å². The highest BCUT2D eigenvalue weighted by Gasteiger charge is 2.17. The van der Waals surface area contributed by atoms with Crippen molar-refractivity contribution < 1.29 is 9.47 Å². The lowest BCUT2D eigenvalue weighted by molar-refractivity contribution is 0.0134. The lowest BCUT2D eigenvalue weighted by Crippen LogP contribution is -2.22. The second-order valence-electron chi connectivity index (χ2n) is 7.25. The van der Waals surface area contributed by atoms with Gasteiger partial charge in [0.05, 0.1) is 13.2 Å². The fourth-order valence-electron chi connectivity index (χ4n) is 3.61. The zero-order chi connectivity index (χ0) is 20.1. The summed E-state index contributed by atoms with van der Waals surface area (Å²) in [6.07, 6.45) is 10.4. The molecule has 1 fully saturated rings. The summed E-state index contributed by atoms with van der Waals surface area (Å²) in [6.45, 7) is 1.66. The predicted molar refractivity (Wildman–Crippen MR) is 113 cm³/mol. The maximum Gasteiger partial charge on any atom is 0.223 e. The van der Waals surface area contributed by atoms with Gasteiger partial charge in [-0.15, -0.1) is 0 Å². The number of rotatable bonds is 7. The number of aryl methyl sites for hydroxylation is 1. The van der Waals surface area contributed by atoms with Gasteiger partial charge >= 0.3 is 0 Å². The van der Waals surface area contributed by atoms with Gasteiger partial charge in [0.25, 0.3) is 0 Å². The van der Waals surface area contributed by atoms with Crippen LogP contribution in [0.25, 0.3) is 22.6 Å².